The van der Waals surface area contributed by atoms with Gasteiger partial charge in [-0.3, -0.25) is 0 Å². The van der Waals surface area contributed by atoms with Gasteiger partial charge in [-0.15, -0.1) is 0 Å². The molecule has 0 fully saturated rings. The summed E-state index contributed by atoms with van der Waals surface area (Å²) in [6.45, 7) is 1.80. The first kappa shape index (κ1) is 13.8. The SMILES string of the molecule is CCC[CH2][Sn]([Cl])([Cl])[C](=O)C(F)(F)F. The van der Waals surface area contributed by atoms with Crippen molar-refractivity contribution in [2.45, 2.75) is 30.4 Å². The Morgan fingerprint density at radius 1 is 1.38 bits per heavy atom. The second kappa shape index (κ2) is 5.07. The molecular weight excluding hydrogens is 335 g/mol. The molecule has 0 radical (unpaired) electrons. The Labute approximate surface area is 85.9 Å². The van der Waals surface area contributed by atoms with Crippen LogP contribution in [0.3, 0.4) is 0 Å². The molecule has 0 heterocycles. The van der Waals surface area contributed by atoms with Gasteiger partial charge in [0.25, 0.3) is 0 Å². The number of unbranched alkanes of at least 4 members (excludes halogenated alkanes) is 1. The second-order valence-electron chi connectivity index (χ2n) is 2.63. The predicted octanol–water partition coefficient (Wildman–Crippen LogP) is 3.38. The van der Waals surface area contributed by atoms with Gasteiger partial charge in [0.1, 0.15) is 0 Å². The third kappa shape index (κ3) is 4.74. The minimum atomic E-state index is -4.87. The van der Waals surface area contributed by atoms with Crippen molar-refractivity contribution in [2.24, 2.45) is 0 Å². The molecule has 0 N–H and O–H groups in total. The van der Waals surface area contributed by atoms with Crippen molar-refractivity contribution in [3.8, 4) is 0 Å². The van der Waals surface area contributed by atoms with Crippen LogP contribution in [0.5, 0.6) is 0 Å². The Hall–Kier alpha value is 0.839. The fraction of sp³-hybridized carbons (Fsp3) is 0.833. The number of hydrogen-bond acceptors (Lipinski definition) is 1. The van der Waals surface area contributed by atoms with Crippen LogP contribution in [0.1, 0.15) is 19.8 Å². The van der Waals surface area contributed by atoms with Crippen LogP contribution in [0.2, 0.25) is 4.44 Å². The first-order chi connectivity index (χ1) is 5.72. The zero-order valence-electron chi connectivity index (χ0n) is 6.92. The van der Waals surface area contributed by atoms with E-state index in [1.165, 1.54) is 0 Å². The summed E-state index contributed by atoms with van der Waals surface area (Å²) in [6, 6.07) is 0. The molecular formula is C6H9Cl2F3OSn. The molecule has 0 aromatic carbocycles. The molecule has 0 spiro atoms. The van der Waals surface area contributed by atoms with E-state index in [-0.39, 0.29) is 4.44 Å². The molecule has 13 heavy (non-hydrogen) atoms. The molecule has 0 aromatic rings. The van der Waals surface area contributed by atoms with E-state index in [1.54, 1.807) is 6.92 Å². The van der Waals surface area contributed by atoms with E-state index in [2.05, 4.69) is 0 Å². The van der Waals surface area contributed by atoms with E-state index in [4.69, 9.17) is 17.8 Å². The van der Waals surface area contributed by atoms with Gasteiger partial charge in [0.05, 0.1) is 0 Å². The molecule has 0 aliphatic carbocycles. The molecule has 0 atom stereocenters. The summed E-state index contributed by atoms with van der Waals surface area (Å²) in [7, 11) is 10.9. The maximum atomic E-state index is 11.9. The normalized spacial score (nSPS) is 13.1. The van der Waals surface area contributed by atoms with Crippen molar-refractivity contribution in [3.63, 3.8) is 0 Å². The van der Waals surface area contributed by atoms with E-state index in [0.29, 0.717) is 12.8 Å². The summed E-state index contributed by atoms with van der Waals surface area (Å²) in [5.41, 5.74) is 0. The summed E-state index contributed by atoms with van der Waals surface area (Å²) in [6.07, 6.45) is -3.71. The maximum absolute atomic E-state index is 11.9. The summed E-state index contributed by atoms with van der Waals surface area (Å²) < 4.78 is 33.9. The molecule has 0 aliphatic heterocycles. The van der Waals surface area contributed by atoms with Crippen molar-refractivity contribution >= 4 is 37.8 Å². The van der Waals surface area contributed by atoms with E-state index >= 15 is 0 Å². The number of alkyl halides is 3. The van der Waals surface area contributed by atoms with Crippen LogP contribution in [-0.2, 0) is 4.79 Å². The van der Waals surface area contributed by atoms with Gasteiger partial charge in [-0.2, -0.15) is 0 Å². The van der Waals surface area contributed by atoms with E-state index in [1.807, 2.05) is 0 Å². The topological polar surface area (TPSA) is 17.1 Å². The molecule has 7 heteroatoms. The Balaban J connectivity index is 4.36. The Morgan fingerprint density at radius 2 is 1.85 bits per heavy atom. The zero-order valence-corrected chi connectivity index (χ0v) is 11.3. The number of halogens is 5. The van der Waals surface area contributed by atoms with Gasteiger partial charge >= 0.3 is 86.1 Å². The molecule has 0 amide bonds. The Morgan fingerprint density at radius 3 is 2.15 bits per heavy atom. The van der Waals surface area contributed by atoms with Gasteiger partial charge in [-0.1, -0.05) is 0 Å². The fourth-order valence-corrected chi connectivity index (χ4v) is 8.06. The Kier molecular flexibility index (Phi) is 5.40. The number of hydrogen-bond donors (Lipinski definition) is 0. The van der Waals surface area contributed by atoms with Crippen molar-refractivity contribution in [1.29, 1.82) is 0 Å². The van der Waals surface area contributed by atoms with E-state index in [0.717, 1.165) is 0 Å². The standard InChI is InChI=1S/C4H9.C2F3O.2ClH.Sn/c1-3-4-2;3-2(4,5)1-6;;;/h1,3-4H2,2H3;;2*1H;/q;;;;+2/p-2. The van der Waals surface area contributed by atoms with Crippen LogP contribution in [0.25, 0.3) is 0 Å². The van der Waals surface area contributed by atoms with E-state index < -0.39 is 26.1 Å². The van der Waals surface area contributed by atoms with Crippen LogP contribution in [0, 0.1) is 0 Å². The first-order valence-corrected chi connectivity index (χ1v) is 14.4. The van der Waals surface area contributed by atoms with Crippen molar-refractivity contribution in [2.75, 3.05) is 0 Å². The van der Waals surface area contributed by atoms with Gasteiger partial charge in [0.2, 0.25) is 0 Å². The average Bonchev–Trinajstić information content (AvgIpc) is 1.98. The van der Waals surface area contributed by atoms with Crippen molar-refractivity contribution < 1.29 is 18.0 Å². The third-order valence-corrected chi connectivity index (χ3v) is 11.8. The summed E-state index contributed by atoms with van der Waals surface area (Å²) in [5, 5.41) is 0. The van der Waals surface area contributed by atoms with E-state index in [9.17, 15) is 18.0 Å². The van der Waals surface area contributed by atoms with Crippen molar-refractivity contribution in [3.05, 3.63) is 0 Å². The van der Waals surface area contributed by atoms with Gasteiger partial charge < -0.3 is 0 Å². The first-order valence-electron chi connectivity index (χ1n) is 3.71. The predicted molar refractivity (Wildman–Crippen MR) is 48.2 cm³/mol. The fourth-order valence-electron chi connectivity index (χ4n) is 0.720. The number of carbonyl (C=O) groups is 1. The van der Waals surface area contributed by atoms with Gasteiger partial charge in [0.15, 0.2) is 0 Å². The molecule has 0 saturated carbocycles. The van der Waals surface area contributed by atoms with Crippen LogP contribution in [0.4, 0.5) is 13.2 Å². The number of rotatable bonds is 4. The molecule has 78 valence electrons. The second-order valence-corrected chi connectivity index (χ2v) is 19.3. The monoisotopic (exact) mass is 344 g/mol. The van der Waals surface area contributed by atoms with Gasteiger partial charge in [0, 0.05) is 0 Å². The third-order valence-electron chi connectivity index (χ3n) is 1.43. The molecule has 0 saturated heterocycles. The molecule has 0 aliphatic rings. The van der Waals surface area contributed by atoms with Crippen LogP contribution >= 0.6 is 17.8 Å². The quantitative estimate of drug-likeness (QED) is 0.715. The Bertz CT molecular complexity index is 193. The van der Waals surface area contributed by atoms with Crippen LogP contribution < -0.4 is 0 Å². The average molecular weight is 344 g/mol. The molecule has 0 bridgehead atoms. The van der Waals surface area contributed by atoms with Gasteiger partial charge in [-0.05, 0) is 0 Å². The molecule has 1 nitrogen and oxygen atoms in total. The molecule has 0 unspecified atom stereocenters. The summed E-state index contributed by atoms with van der Waals surface area (Å²) >= 11 is -4.53. The summed E-state index contributed by atoms with van der Waals surface area (Å²) in [4.78, 5) is 10.7. The summed E-state index contributed by atoms with van der Waals surface area (Å²) in [5.74, 6) is 0. The zero-order chi connectivity index (χ0) is 10.7. The number of carbonyl (C=O) groups excluding carboxylic acids is 1. The molecule has 0 aromatic heterocycles. The van der Waals surface area contributed by atoms with Gasteiger partial charge in [-0.25, -0.2) is 0 Å². The van der Waals surface area contributed by atoms with Crippen molar-refractivity contribution in [1.82, 2.24) is 0 Å². The minimum absolute atomic E-state index is 0.0344. The van der Waals surface area contributed by atoms with Crippen LogP contribution in [0.15, 0.2) is 0 Å². The molecule has 0 rings (SSSR count). The van der Waals surface area contributed by atoms with Crippen LogP contribution in [-0.4, -0.2) is 26.1 Å².